The van der Waals surface area contributed by atoms with Gasteiger partial charge in [-0.3, -0.25) is 4.79 Å². The molecule has 0 saturated heterocycles. The second-order valence-corrected chi connectivity index (χ2v) is 7.41. The Hall–Kier alpha value is -3.03. The van der Waals surface area contributed by atoms with E-state index in [1.165, 1.54) is 22.8 Å². The molecule has 1 unspecified atom stereocenters. The molecule has 1 amide bonds. The number of benzene rings is 1. The quantitative estimate of drug-likeness (QED) is 0.731. The van der Waals surface area contributed by atoms with Crippen molar-refractivity contribution >= 4 is 17.4 Å². The van der Waals surface area contributed by atoms with E-state index in [9.17, 15) is 13.6 Å². The Labute approximate surface area is 155 Å². The molecule has 3 rings (SSSR count). The molecule has 0 saturated carbocycles. The largest absolute Gasteiger partial charge is 0.363 e. The van der Waals surface area contributed by atoms with Crippen LogP contribution in [0.1, 0.15) is 49.7 Å². The van der Waals surface area contributed by atoms with Gasteiger partial charge in [-0.25, -0.2) is 18.3 Å². The maximum absolute atomic E-state index is 13.4. The van der Waals surface area contributed by atoms with Crippen LogP contribution >= 0.6 is 0 Å². The average molecular weight is 373 g/mol. The molecule has 2 heterocycles. The van der Waals surface area contributed by atoms with Crippen molar-refractivity contribution < 1.29 is 13.6 Å². The van der Waals surface area contributed by atoms with Gasteiger partial charge in [-0.05, 0) is 51.5 Å². The lowest BCUT2D eigenvalue weighted by atomic mass is 10.1. The summed E-state index contributed by atoms with van der Waals surface area (Å²) in [6.07, 6.45) is 3.12. The fourth-order valence-corrected chi connectivity index (χ4v) is 2.65. The van der Waals surface area contributed by atoms with Crippen molar-refractivity contribution in [2.24, 2.45) is 0 Å². The zero-order valence-electron chi connectivity index (χ0n) is 15.5. The first-order valence-electron chi connectivity index (χ1n) is 8.52. The van der Waals surface area contributed by atoms with Crippen LogP contribution in [0, 0.1) is 11.6 Å². The molecule has 0 aliphatic heterocycles. The SMILES string of the molecule is CC(Nc1ccn2ncc(C(=O)NC(C)(C)C)c2n1)c1cc(F)cc(F)c1. The average Bonchev–Trinajstić information content (AvgIpc) is 2.95. The number of rotatable bonds is 4. The van der Waals surface area contributed by atoms with E-state index in [4.69, 9.17) is 0 Å². The monoisotopic (exact) mass is 373 g/mol. The minimum atomic E-state index is -0.640. The molecule has 142 valence electrons. The lowest BCUT2D eigenvalue weighted by Crippen LogP contribution is -2.40. The Morgan fingerprint density at radius 3 is 2.48 bits per heavy atom. The highest BCUT2D eigenvalue weighted by molar-refractivity contribution is 6.00. The van der Waals surface area contributed by atoms with Crippen LogP contribution in [0.3, 0.4) is 0 Å². The standard InChI is InChI=1S/C19H21F2N5O/c1-11(12-7-13(20)9-14(21)8-12)23-16-5-6-26-17(24-16)15(10-22-26)18(27)25-19(2,3)4/h5-11H,1-4H3,(H,23,24)(H,25,27). The predicted octanol–water partition coefficient (Wildman–Crippen LogP) is 3.71. The second kappa shape index (κ2) is 6.94. The topological polar surface area (TPSA) is 71.3 Å². The van der Waals surface area contributed by atoms with Gasteiger partial charge >= 0.3 is 0 Å². The summed E-state index contributed by atoms with van der Waals surface area (Å²) in [5.41, 5.74) is 0.794. The van der Waals surface area contributed by atoms with Crippen LogP contribution in [0.4, 0.5) is 14.6 Å². The second-order valence-electron chi connectivity index (χ2n) is 7.41. The number of hydrogen-bond acceptors (Lipinski definition) is 4. The van der Waals surface area contributed by atoms with E-state index in [0.29, 0.717) is 22.6 Å². The van der Waals surface area contributed by atoms with E-state index in [-0.39, 0.29) is 11.9 Å². The van der Waals surface area contributed by atoms with Gasteiger partial charge in [0.25, 0.3) is 5.91 Å². The summed E-state index contributed by atoms with van der Waals surface area (Å²) < 4.78 is 28.4. The number of nitrogens with one attached hydrogen (secondary N) is 2. The van der Waals surface area contributed by atoms with Gasteiger partial charge < -0.3 is 10.6 Å². The fourth-order valence-electron chi connectivity index (χ4n) is 2.65. The highest BCUT2D eigenvalue weighted by atomic mass is 19.1. The highest BCUT2D eigenvalue weighted by Gasteiger charge is 2.20. The molecule has 6 nitrogen and oxygen atoms in total. The molecule has 0 bridgehead atoms. The van der Waals surface area contributed by atoms with Crippen LogP contribution in [0.25, 0.3) is 5.65 Å². The number of halogens is 2. The van der Waals surface area contributed by atoms with E-state index >= 15 is 0 Å². The van der Waals surface area contributed by atoms with Crippen molar-refractivity contribution in [3.05, 3.63) is 59.4 Å². The molecule has 8 heteroatoms. The fraction of sp³-hybridized carbons (Fsp3) is 0.316. The molecule has 0 fully saturated rings. The zero-order valence-corrected chi connectivity index (χ0v) is 15.5. The van der Waals surface area contributed by atoms with Gasteiger partial charge in [-0.1, -0.05) is 0 Å². The van der Waals surface area contributed by atoms with Crippen molar-refractivity contribution in [2.45, 2.75) is 39.3 Å². The summed E-state index contributed by atoms with van der Waals surface area (Å²) in [4.78, 5) is 16.9. The Morgan fingerprint density at radius 2 is 1.85 bits per heavy atom. The van der Waals surface area contributed by atoms with Crippen molar-refractivity contribution in [3.8, 4) is 0 Å². The molecule has 0 spiro atoms. The summed E-state index contributed by atoms with van der Waals surface area (Å²) in [5, 5.41) is 10.1. The smallest absolute Gasteiger partial charge is 0.257 e. The van der Waals surface area contributed by atoms with Crippen LogP contribution < -0.4 is 10.6 Å². The van der Waals surface area contributed by atoms with Gasteiger partial charge in [0.1, 0.15) is 23.0 Å². The first kappa shape index (κ1) is 18.8. The lowest BCUT2D eigenvalue weighted by molar-refractivity contribution is 0.0921. The number of anilines is 1. The third-order valence-electron chi connectivity index (χ3n) is 3.85. The third kappa shape index (κ3) is 4.39. The van der Waals surface area contributed by atoms with Crippen LogP contribution in [0.15, 0.2) is 36.7 Å². The Bertz CT molecular complexity index is 973. The van der Waals surface area contributed by atoms with Gasteiger partial charge in [0, 0.05) is 17.8 Å². The summed E-state index contributed by atoms with van der Waals surface area (Å²) in [5.74, 6) is -1.09. The van der Waals surface area contributed by atoms with Crippen LogP contribution in [0.5, 0.6) is 0 Å². The van der Waals surface area contributed by atoms with Crippen molar-refractivity contribution in [3.63, 3.8) is 0 Å². The normalized spacial score (nSPS) is 12.8. The maximum atomic E-state index is 13.4. The van der Waals surface area contributed by atoms with E-state index < -0.39 is 17.2 Å². The maximum Gasteiger partial charge on any atom is 0.257 e. The minimum absolute atomic E-state index is 0.276. The number of nitrogens with zero attached hydrogens (tertiary/aromatic N) is 3. The van der Waals surface area contributed by atoms with Crippen molar-refractivity contribution in [2.75, 3.05) is 5.32 Å². The Morgan fingerprint density at radius 1 is 1.19 bits per heavy atom. The van der Waals surface area contributed by atoms with Crippen molar-refractivity contribution in [1.82, 2.24) is 19.9 Å². The van der Waals surface area contributed by atoms with E-state index in [1.807, 2.05) is 20.8 Å². The molecule has 0 radical (unpaired) electrons. The number of carbonyl (C=O) groups excluding carboxylic acids is 1. The molecule has 1 aromatic carbocycles. The van der Waals surface area contributed by atoms with Crippen molar-refractivity contribution in [1.29, 1.82) is 0 Å². The number of hydrogen-bond donors (Lipinski definition) is 2. The third-order valence-corrected chi connectivity index (χ3v) is 3.85. The van der Waals surface area contributed by atoms with Crippen LogP contribution in [-0.4, -0.2) is 26.0 Å². The molecule has 3 aromatic rings. The van der Waals surface area contributed by atoms with Gasteiger partial charge in [0.2, 0.25) is 0 Å². The number of fused-ring (bicyclic) bond motifs is 1. The van der Waals surface area contributed by atoms with E-state index in [0.717, 1.165) is 6.07 Å². The molecule has 0 aliphatic carbocycles. The van der Waals surface area contributed by atoms with E-state index in [2.05, 4.69) is 20.7 Å². The zero-order chi connectivity index (χ0) is 19.8. The van der Waals surface area contributed by atoms with Gasteiger partial charge in [-0.2, -0.15) is 5.10 Å². The lowest BCUT2D eigenvalue weighted by Gasteiger charge is -2.20. The Balaban J connectivity index is 1.87. The summed E-state index contributed by atoms with van der Waals surface area (Å²) in [6.45, 7) is 7.42. The molecule has 27 heavy (non-hydrogen) atoms. The number of amides is 1. The van der Waals surface area contributed by atoms with Gasteiger partial charge in [0.15, 0.2) is 5.65 Å². The van der Waals surface area contributed by atoms with Gasteiger partial charge in [-0.15, -0.1) is 0 Å². The molecule has 2 N–H and O–H groups in total. The highest BCUT2D eigenvalue weighted by Crippen LogP contribution is 2.21. The first-order chi connectivity index (χ1) is 12.6. The number of carbonyl (C=O) groups is 1. The summed E-state index contributed by atoms with van der Waals surface area (Å²) in [7, 11) is 0. The molecular weight excluding hydrogens is 352 g/mol. The summed E-state index contributed by atoms with van der Waals surface area (Å²) >= 11 is 0. The predicted molar refractivity (Wildman–Crippen MR) is 98.6 cm³/mol. The molecule has 2 aromatic heterocycles. The van der Waals surface area contributed by atoms with Crippen LogP contribution in [-0.2, 0) is 0 Å². The first-order valence-corrected chi connectivity index (χ1v) is 8.52. The number of aromatic nitrogens is 3. The molecular formula is C19H21F2N5O. The molecule has 0 aliphatic rings. The van der Waals surface area contributed by atoms with Gasteiger partial charge in [0.05, 0.1) is 12.2 Å². The van der Waals surface area contributed by atoms with Crippen LogP contribution in [0.2, 0.25) is 0 Å². The molecule has 1 atom stereocenters. The summed E-state index contributed by atoms with van der Waals surface area (Å²) in [6, 6.07) is 4.64. The minimum Gasteiger partial charge on any atom is -0.363 e. The Kier molecular flexibility index (Phi) is 4.82. The van der Waals surface area contributed by atoms with E-state index in [1.54, 1.807) is 19.2 Å².